The summed E-state index contributed by atoms with van der Waals surface area (Å²) in [6, 6.07) is 11.4. The number of nitrogens with two attached hydrogens (primary N) is 1. The lowest BCUT2D eigenvalue weighted by molar-refractivity contribution is 0.0948. The maximum atomic E-state index is 11.8. The van der Waals surface area contributed by atoms with E-state index in [0.717, 1.165) is 28.0 Å². The molecule has 3 rings (SSSR count). The Morgan fingerprint density at radius 1 is 1.27 bits per heavy atom. The van der Waals surface area contributed by atoms with Crippen LogP contribution >= 0.6 is 0 Å². The van der Waals surface area contributed by atoms with E-state index in [-0.39, 0.29) is 5.41 Å². The summed E-state index contributed by atoms with van der Waals surface area (Å²) in [4.78, 5) is 19.8. The fraction of sp³-hybridized carbons (Fsp3) is 0.300. The van der Waals surface area contributed by atoms with Crippen molar-refractivity contribution in [3.8, 4) is 5.75 Å². The van der Waals surface area contributed by atoms with Gasteiger partial charge in [0, 0.05) is 40.2 Å². The summed E-state index contributed by atoms with van der Waals surface area (Å²) in [6.45, 7) is 6.51. The molecule has 0 saturated carbocycles. The van der Waals surface area contributed by atoms with Gasteiger partial charge in [-0.2, -0.15) is 0 Å². The first-order chi connectivity index (χ1) is 12.3. The van der Waals surface area contributed by atoms with E-state index in [1.165, 1.54) is 5.56 Å². The van der Waals surface area contributed by atoms with Gasteiger partial charge in [-0.05, 0) is 29.8 Å². The lowest BCUT2D eigenvalue weighted by Gasteiger charge is -2.19. The third-order valence-corrected chi connectivity index (χ3v) is 4.39. The Bertz CT molecular complexity index is 954. The lowest BCUT2D eigenvalue weighted by Crippen LogP contribution is -2.30. The van der Waals surface area contributed by atoms with Crippen molar-refractivity contribution in [2.24, 2.45) is 5.84 Å². The number of nitrogens with zero attached hydrogens (tertiary/aromatic N) is 1. The highest BCUT2D eigenvalue weighted by atomic mass is 16.5. The summed E-state index contributed by atoms with van der Waals surface area (Å²) >= 11 is 0. The van der Waals surface area contributed by atoms with Crippen molar-refractivity contribution in [1.29, 1.82) is 0 Å². The Balaban J connectivity index is 2.10. The van der Waals surface area contributed by atoms with E-state index < -0.39 is 5.91 Å². The molecule has 2 aromatic heterocycles. The molecule has 1 aromatic carbocycles. The number of hydrogen-bond acceptors (Lipinski definition) is 4. The van der Waals surface area contributed by atoms with E-state index >= 15 is 0 Å². The molecule has 26 heavy (non-hydrogen) atoms. The van der Waals surface area contributed by atoms with E-state index in [1.54, 1.807) is 13.2 Å². The number of nitrogens with one attached hydrogen (secondary N) is 2. The van der Waals surface area contributed by atoms with Crippen molar-refractivity contribution < 1.29 is 9.53 Å². The van der Waals surface area contributed by atoms with E-state index in [1.807, 2.05) is 24.3 Å². The zero-order valence-corrected chi connectivity index (χ0v) is 15.5. The van der Waals surface area contributed by atoms with Crippen LogP contribution in [0.25, 0.3) is 10.9 Å². The first kappa shape index (κ1) is 17.9. The molecule has 136 valence electrons. The minimum atomic E-state index is -0.397. The Morgan fingerprint density at radius 3 is 2.69 bits per heavy atom. The first-order valence-electron chi connectivity index (χ1n) is 8.49. The first-order valence-corrected chi connectivity index (χ1v) is 8.49. The summed E-state index contributed by atoms with van der Waals surface area (Å²) < 4.78 is 5.34. The predicted octanol–water partition coefficient (Wildman–Crippen LogP) is 3.06. The standard InChI is InChI=1S/C20H24N4O2/c1-20(2,3)18-15(14-9-8-13(26-4)11-17(14)23-18)10-12-6-5-7-16(22-12)19(25)24-21/h5-9,11,23H,10,21H2,1-4H3,(H,24,25). The fourth-order valence-electron chi connectivity index (χ4n) is 3.15. The number of aromatic nitrogens is 2. The van der Waals surface area contributed by atoms with E-state index in [2.05, 4.69) is 42.2 Å². The summed E-state index contributed by atoms with van der Waals surface area (Å²) in [7, 11) is 1.66. The largest absolute Gasteiger partial charge is 0.497 e. The number of carbonyl (C=O) groups excluding carboxylic acids is 1. The summed E-state index contributed by atoms with van der Waals surface area (Å²) in [5, 5.41) is 1.13. The number of fused-ring (bicyclic) bond motifs is 1. The number of carbonyl (C=O) groups is 1. The van der Waals surface area contributed by atoms with Crippen molar-refractivity contribution in [2.45, 2.75) is 32.6 Å². The van der Waals surface area contributed by atoms with Gasteiger partial charge in [0.25, 0.3) is 5.91 Å². The smallest absolute Gasteiger partial charge is 0.283 e. The van der Waals surface area contributed by atoms with Crippen LogP contribution in [0.4, 0.5) is 0 Å². The molecule has 0 saturated heterocycles. The predicted molar refractivity (Wildman–Crippen MR) is 102 cm³/mol. The SMILES string of the molecule is COc1ccc2c(Cc3cccc(C(=O)NN)n3)c(C(C)(C)C)[nH]c2c1. The second-order valence-electron chi connectivity index (χ2n) is 7.30. The topological polar surface area (TPSA) is 93.0 Å². The van der Waals surface area contributed by atoms with Crippen LogP contribution in [0.3, 0.4) is 0 Å². The molecule has 0 unspecified atom stereocenters. The third-order valence-electron chi connectivity index (χ3n) is 4.39. The zero-order chi connectivity index (χ0) is 18.9. The highest BCUT2D eigenvalue weighted by molar-refractivity contribution is 5.91. The molecule has 0 aliphatic carbocycles. The van der Waals surface area contributed by atoms with Crippen molar-refractivity contribution in [2.75, 3.05) is 7.11 Å². The van der Waals surface area contributed by atoms with E-state index in [4.69, 9.17) is 10.6 Å². The summed E-state index contributed by atoms with van der Waals surface area (Å²) in [5.41, 5.74) is 6.54. The van der Waals surface area contributed by atoms with Crippen LogP contribution < -0.4 is 16.0 Å². The van der Waals surface area contributed by atoms with Crippen LogP contribution in [0.5, 0.6) is 5.75 Å². The average molecular weight is 352 g/mol. The van der Waals surface area contributed by atoms with Crippen LogP contribution in [-0.4, -0.2) is 23.0 Å². The van der Waals surface area contributed by atoms with Gasteiger partial charge in [0.15, 0.2) is 0 Å². The van der Waals surface area contributed by atoms with Crippen LogP contribution in [0.1, 0.15) is 48.2 Å². The normalized spacial score (nSPS) is 11.6. The number of methoxy groups -OCH3 is 1. The number of nitrogen functional groups attached to an aromatic ring is 1. The Morgan fingerprint density at radius 2 is 2.04 bits per heavy atom. The fourth-order valence-corrected chi connectivity index (χ4v) is 3.15. The van der Waals surface area contributed by atoms with E-state index in [0.29, 0.717) is 12.1 Å². The van der Waals surface area contributed by atoms with Gasteiger partial charge in [-0.3, -0.25) is 10.2 Å². The molecular formula is C20H24N4O2. The van der Waals surface area contributed by atoms with Gasteiger partial charge in [0.1, 0.15) is 11.4 Å². The second-order valence-corrected chi connectivity index (χ2v) is 7.30. The number of ether oxygens (including phenoxy) is 1. The molecule has 0 fully saturated rings. The van der Waals surface area contributed by atoms with Crippen molar-refractivity contribution in [3.05, 3.63) is 59.0 Å². The molecule has 4 N–H and O–H groups in total. The molecule has 2 heterocycles. The number of H-pyrrole nitrogens is 1. The average Bonchev–Trinajstić information content (AvgIpc) is 2.99. The zero-order valence-electron chi connectivity index (χ0n) is 15.5. The Hall–Kier alpha value is -2.86. The van der Waals surface area contributed by atoms with Crippen molar-refractivity contribution in [3.63, 3.8) is 0 Å². The van der Waals surface area contributed by atoms with Gasteiger partial charge < -0.3 is 9.72 Å². The maximum absolute atomic E-state index is 11.8. The number of hydrogen-bond donors (Lipinski definition) is 3. The number of pyridine rings is 1. The van der Waals surface area contributed by atoms with Crippen LogP contribution in [0.2, 0.25) is 0 Å². The Kier molecular flexibility index (Phi) is 4.70. The second kappa shape index (κ2) is 6.80. The summed E-state index contributed by atoms with van der Waals surface area (Å²) in [6.07, 6.45) is 0.616. The quantitative estimate of drug-likeness (QED) is 0.382. The number of amides is 1. The molecule has 1 amide bonds. The molecule has 6 nitrogen and oxygen atoms in total. The van der Waals surface area contributed by atoms with Gasteiger partial charge in [-0.25, -0.2) is 10.8 Å². The van der Waals surface area contributed by atoms with Crippen LogP contribution in [0, 0.1) is 0 Å². The minimum Gasteiger partial charge on any atom is -0.497 e. The molecular weight excluding hydrogens is 328 g/mol. The minimum absolute atomic E-state index is 0.0617. The third kappa shape index (κ3) is 3.41. The number of aromatic amines is 1. The Labute approximate surface area is 152 Å². The van der Waals surface area contributed by atoms with E-state index in [9.17, 15) is 4.79 Å². The lowest BCUT2D eigenvalue weighted by atomic mass is 9.87. The molecule has 0 aliphatic heterocycles. The summed E-state index contributed by atoms with van der Waals surface area (Å²) in [5.74, 6) is 5.63. The van der Waals surface area contributed by atoms with Crippen molar-refractivity contribution in [1.82, 2.24) is 15.4 Å². The molecule has 0 atom stereocenters. The number of hydrazine groups is 1. The van der Waals surface area contributed by atoms with Gasteiger partial charge in [0.05, 0.1) is 7.11 Å². The molecule has 0 radical (unpaired) electrons. The van der Waals surface area contributed by atoms with Gasteiger partial charge in [0.2, 0.25) is 0 Å². The maximum Gasteiger partial charge on any atom is 0.283 e. The van der Waals surface area contributed by atoms with Gasteiger partial charge in [-0.15, -0.1) is 0 Å². The molecule has 6 heteroatoms. The monoisotopic (exact) mass is 352 g/mol. The van der Waals surface area contributed by atoms with Crippen LogP contribution in [-0.2, 0) is 11.8 Å². The highest BCUT2D eigenvalue weighted by Gasteiger charge is 2.23. The molecule has 0 bridgehead atoms. The van der Waals surface area contributed by atoms with Crippen molar-refractivity contribution >= 4 is 16.8 Å². The number of benzene rings is 1. The van der Waals surface area contributed by atoms with Gasteiger partial charge >= 0.3 is 0 Å². The molecule has 0 spiro atoms. The molecule has 0 aliphatic rings. The van der Waals surface area contributed by atoms with Gasteiger partial charge in [-0.1, -0.05) is 26.8 Å². The van der Waals surface area contributed by atoms with Crippen LogP contribution in [0.15, 0.2) is 36.4 Å². The number of rotatable bonds is 4. The highest BCUT2D eigenvalue weighted by Crippen LogP contribution is 2.34. The molecule has 3 aromatic rings.